The van der Waals surface area contributed by atoms with Crippen LogP contribution >= 0.6 is 11.6 Å². The number of pyridine rings is 1. The van der Waals surface area contributed by atoms with Crippen LogP contribution in [0.2, 0.25) is 5.02 Å². The average molecular weight is 553 g/mol. The van der Waals surface area contributed by atoms with E-state index in [0.29, 0.717) is 27.0 Å². The van der Waals surface area contributed by atoms with Crippen LogP contribution < -0.4 is 5.56 Å². The minimum Gasteiger partial charge on any atom is -0.463 e. The fourth-order valence-electron chi connectivity index (χ4n) is 4.84. The predicted octanol–water partition coefficient (Wildman–Crippen LogP) is 4.69. The summed E-state index contributed by atoms with van der Waals surface area (Å²) >= 11 is 6.56. The van der Waals surface area contributed by atoms with E-state index in [0.717, 1.165) is 6.26 Å². The second-order valence-electron chi connectivity index (χ2n) is 9.00. The number of imidazole rings is 1. The molecule has 0 fully saturated rings. The number of aromatic amines is 2. The van der Waals surface area contributed by atoms with E-state index in [4.69, 9.17) is 16.0 Å². The molecular formula is C26H18ClFN4O5S. The van der Waals surface area contributed by atoms with Crippen molar-refractivity contribution in [2.75, 3.05) is 12.0 Å². The van der Waals surface area contributed by atoms with Crippen LogP contribution in [0, 0.1) is 5.82 Å². The van der Waals surface area contributed by atoms with E-state index in [1.54, 1.807) is 18.2 Å². The number of benzene rings is 2. The van der Waals surface area contributed by atoms with Crippen molar-refractivity contribution < 1.29 is 22.0 Å². The molecule has 38 heavy (non-hydrogen) atoms. The number of Topliss-reactive ketones (excluding diaryl/α,β-unsaturated/α-hetero) is 1. The molecule has 0 saturated carbocycles. The Hall–Kier alpha value is -4.22. The summed E-state index contributed by atoms with van der Waals surface area (Å²) < 4.78 is 46.8. The minimum absolute atomic E-state index is 0.0362. The number of halogens is 2. The first-order chi connectivity index (χ1) is 18.1. The lowest BCUT2D eigenvalue weighted by molar-refractivity contribution is 0.101. The minimum atomic E-state index is -3.76. The van der Waals surface area contributed by atoms with Gasteiger partial charge in [0.15, 0.2) is 15.6 Å². The molecule has 0 unspecified atom stereocenters. The average Bonchev–Trinajstić information content (AvgIpc) is 3.57. The molecule has 12 heteroatoms. The second-order valence-corrected chi connectivity index (χ2v) is 11.5. The first-order valence-corrected chi connectivity index (χ1v) is 13.8. The van der Waals surface area contributed by atoms with Crippen LogP contribution in [0.15, 0.2) is 64.4 Å². The van der Waals surface area contributed by atoms with Crippen LogP contribution in [0.3, 0.4) is 0 Å². The van der Waals surface area contributed by atoms with Gasteiger partial charge in [0.2, 0.25) is 0 Å². The summed E-state index contributed by atoms with van der Waals surface area (Å²) in [5.74, 6) is -2.19. The lowest BCUT2D eigenvalue weighted by Gasteiger charge is -2.13. The Bertz CT molecular complexity index is 2090. The van der Waals surface area contributed by atoms with Crippen LogP contribution in [0.25, 0.3) is 44.0 Å². The molecule has 192 valence electrons. The highest BCUT2D eigenvalue weighted by atomic mass is 35.5. The van der Waals surface area contributed by atoms with E-state index >= 15 is 4.39 Å². The Kier molecular flexibility index (Phi) is 5.51. The van der Waals surface area contributed by atoms with E-state index in [-0.39, 0.29) is 39.9 Å². The Labute approximate surface area is 218 Å². The molecule has 6 aromatic rings. The van der Waals surface area contributed by atoms with E-state index in [1.165, 1.54) is 41.6 Å². The van der Waals surface area contributed by atoms with Gasteiger partial charge in [0, 0.05) is 35.1 Å². The maximum absolute atomic E-state index is 15.2. The van der Waals surface area contributed by atoms with Crippen molar-refractivity contribution in [3.05, 3.63) is 87.6 Å². The highest BCUT2D eigenvalue weighted by molar-refractivity contribution is 7.91. The molecule has 0 bridgehead atoms. The zero-order valence-electron chi connectivity index (χ0n) is 19.7. The highest BCUT2D eigenvalue weighted by Gasteiger charge is 2.30. The topological polar surface area (TPSA) is 131 Å². The number of hydrogen-bond acceptors (Lipinski definition) is 6. The fourth-order valence-corrected chi connectivity index (χ4v) is 5.67. The first kappa shape index (κ1) is 24.1. The molecule has 6 rings (SSSR count). The number of furan rings is 1. The van der Waals surface area contributed by atoms with Gasteiger partial charge in [-0.25, -0.2) is 17.8 Å². The summed E-state index contributed by atoms with van der Waals surface area (Å²) in [5.41, 5.74) is 1.89. The number of rotatable bonds is 6. The van der Waals surface area contributed by atoms with Gasteiger partial charge in [-0.2, -0.15) is 0 Å². The van der Waals surface area contributed by atoms with Crippen LogP contribution in [-0.4, -0.2) is 45.7 Å². The number of H-pyrrole nitrogens is 2. The summed E-state index contributed by atoms with van der Waals surface area (Å²) in [6.07, 6.45) is 5.20. The van der Waals surface area contributed by atoms with Gasteiger partial charge in [0.05, 0.1) is 45.6 Å². The van der Waals surface area contributed by atoms with E-state index < -0.39 is 32.7 Å². The number of nitrogens with one attached hydrogen (secondary N) is 2. The van der Waals surface area contributed by atoms with Gasteiger partial charge in [-0.3, -0.25) is 9.59 Å². The maximum atomic E-state index is 15.2. The number of carbonyl (C=O) groups excluding carboxylic acids is 1. The molecule has 4 aromatic heterocycles. The molecule has 9 nitrogen and oxygen atoms in total. The van der Waals surface area contributed by atoms with Crippen molar-refractivity contribution in [2.24, 2.45) is 0 Å². The number of ketones is 1. The van der Waals surface area contributed by atoms with Crippen LogP contribution in [0.5, 0.6) is 0 Å². The molecule has 2 N–H and O–H groups in total. The summed E-state index contributed by atoms with van der Waals surface area (Å²) in [6, 6.07) is 9.18. The standard InChI is InChI=1S/C26H18ClFN4O5S/c1-38(35,36)11-21(33)24-22(15-3-2-5-29-26(15)34)23-20(9-17(28)14-4-6-37-25(14)23)32(24)10-13-7-18-19(8-16(13)27)31-12-30-18/h2-9,12H,10-11H2,1H3,(H,29,34)(H,30,31). The maximum Gasteiger partial charge on any atom is 0.255 e. The van der Waals surface area contributed by atoms with Crippen molar-refractivity contribution in [3.63, 3.8) is 0 Å². The van der Waals surface area contributed by atoms with Crippen LogP contribution in [0.1, 0.15) is 16.1 Å². The molecule has 0 aliphatic carbocycles. The predicted molar refractivity (Wildman–Crippen MR) is 142 cm³/mol. The monoisotopic (exact) mass is 552 g/mol. The Morgan fingerprint density at radius 3 is 2.79 bits per heavy atom. The molecule has 0 aliphatic heterocycles. The first-order valence-electron chi connectivity index (χ1n) is 11.3. The molecular weight excluding hydrogens is 535 g/mol. The molecule has 0 amide bonds. The molecule has 0 aliphatic rings. The number of sulfone groups is 1. The summed E-state index contributed by atoms with van der Waals surface area (Å²) in [7, 11) is -3.76. The number of hydrogen-bond donors (Lipinski definition) is 2. The van der Waals surface area contributed by atoms with E-state index in [9.17, 15) is 18.0 Å². The van der Waals surface area contributed by atoms with E-state index in [1.807, 2.05) is 0 Å². The summed E-state index contributed by atoms with van der Waals surface area (Å²) in [5, 5.41) is 0.799. The molecule has 0 radical (unpaired) electrons. The van der Waals surface area contributed by atoms with Crippen molar-refractivity contribution in [2.45, 2.75) is 6.54 Å². The lowest BCUT2D eigenvalue weighted by Crippen LogP contribution is -2.20. The SMILES string of the molecule is CS(=O)(=O)CC(=O)c1c(-c2ccc[nH]c2=O)c2c3occc3c(F)cc2n1Cc1cc2[nH]cnc2cc1Cl. The Morgan fingerprint density at radius 2 is 2.03 bits per heavy atom. The third kappa shape index (κ3) is 3.91. The van der Waals surface area contributed by atoms with Gasteiger partial charge in [-0.1, -0.05) is 11.6 Å². The van der Waals surface area contributed by atoms with Crippen LogP contribution in [0.4, 0.5) is 4.39 Å². The zero-order valence-corrected chi connectivity index (χ0v) is 21.3. The highest BCUT2D eigenvalue weighted by Crippen LogP contribution is 2.41. The van der Waals surface area contributed by atoms with Crippen molar-refractivity contribution in [1.82, 2.24) is 19.5 Å². The number of nitrogens with zero attached hydrogens (tertiary/aromatic N) is 2. The third-order valence-corrected chi connectivity index (χ3v) is 7.52. The summed E-state index contributed by atoms with van der Waals surface area (Å²) in [4.78, 5) is 36.4. The van der Waals surface area contributed by atoms with Gasteiger partial charge in [0.25, 0.3) is 5.56 Å². The largest absolute Gasteiger partial charge is 0.463 e. The smallest absolute Gasteiger partial charge is 0.255 e. The third-order valence-electron chi connectivity index (χ3n) is 6.38. The van der Waals surface area contributed by atoms with Crippen molar-refractivity contribution in [1.29, 1.82) is 0 Å². The molecule has 0 spiro atoms. The number of fused-ring (bicyclic) bond motifs is 4. The Morgan fingerprint density at radius 1 is 1.21 bits per heavy atom. The van der Waals surface area contributed by atoms with Gasteiger partial charge in [0.1, 0.15) is 17.2 Å². The van der Waals surface area contributed by atoms with Crippen LogP contribution in [-0.2, 0) is 16.4 Å². The zero-order chi connectivity index (χ0) is 26.8. The molecule has 4 heterocycles. The second kappa shape index (κ2) is 8.67. The van der Waals surface area contributed by atoms with Gasteiger partial charge >= 0.3 is 0 Å². The van der Waals surface area contributed by atoms with E-state index in [2.05, 4.69) is 15.0 Å². The normalized spacial score (nSPS) is 12.2. The Balaban J connectivity index is 1.76. The number of carbonyl (C=O) groups is 1. The quantitative estimate of drug-likeness (QED) is 0.288. The number of aromatic nitrogens is 4. The van der Waals surface area contributed by atoms with Gasteiger partial charge in [-0.15, -0.1) is 0 Å². The van der Waals surface area contributed by atoms with Crippen molar-refractivity contribution in [3.8, 4) is 11.1 Å². The van der Waals surface area contributed by atoms with Gasteiger partial charge in [-0.05, 0) is 42.0 Å². The van der Waals surface area contributed by atoms with Crippen molar-refractivity contribution >= 4 is 60.1 Å². The summed E-state index contributed by atoms with van der Waals surface area (Å²) in [6.45, 7) is -0.0362. The molecule has 0 atom stereocenters. The lowest BCUT2D eigenvalue weighted by atomic mass is 10.0. The molecule has 2 aromatic carbocycles. The van der Waals surface area contributed by atoms with Gasteiger partial charge < -0.3 is 19.0 Å². The molecule has 0 saturated heterocycles. The fraction of sp³-hybridized carbons (Fsp3) is 0.115.